The standard InChI is InChI=1S/C6H9N3O4/c10-3-4(11)2-9-5(12)1-7-8-6(9)13/h1,4,10-11H,2-3H2,(H,8,13). The first-order valence-corrected chi connectivity index (χ1v) is 3.58. The summed E-state index contributed by atoms with van der Waals surface area (Å²) in [7, 11) is 0. The van der Waals surface area contributed by atoms with Gasteiger partial charge in [0.1, 0.15) is 6.20 Å². The maximum atomic E-state index is 11.0. The molecule has 7 nitrogen and oxygen atoms in total. The van der Waals surface area contributed by atoms with Crippen LogP contribution in [0, 0.1) is 0 Å². The molecular formula is C6H9N3O4. The molecule has 0 aliphatic carbocycles. The highest BCUT2D eigenvalue weighted by Gasteiger charge is 2.07. The number of hydrogen-bond acceptors (Lipinski definition) is 5. The Kier molecular flexibility index (Phi) is 2.93. The highest BCUT2D eigenvalue weighted by molar-refractivity contribution is 4.74. The van der Waals surface area contributed by atoms with Crippen LogP contribution in [-0.4, -0.2) is 37.7 Å². The smallest absolute Gasteiger partial charge is 0.344 e. The van der Waals surface area contributed by atoms with Crippen LogP contribution < -0.4 is 11.2 Å². The molecule has 3 N–H and O–H groups in total. The van der Waals surface area contributed by atoms with Gasteiger partial charge >= 0.3 is 5.69 Å². The Hall–Kier alpha value is -1.47. The lowest BCUT2D eigenvalue weighted by atomic mass is 10.4. The summed E-state index contributed by atoms with van der Waals surface area (Å²) in [5.41, 5.74) is -1.32. The third-order valence-electron chi connectivity index (χ3n) is 1.45. The molecule has 0 radical (unpaired) electrons. The van der Waals surface area contributed by atoms with Gasteiger partial charge in [-0.05, 0) is 0 Å². The molecule has 0 fully saturated rings. The van der Waals surface area contributed by atoms with Gasteiger partial charge in [-0.2, -0.15) is 5.10 Å². The summed E-state index contributed by atoms with van der Waals surface area (Å²) in [6.45, 7) is -0.749. The summed E-state index contributed by atoms with van der Waals surface area (Å²) in [5, 5.41) is 22.8. The summed E-state index contributed by atoms with van der Waals surface area (Å²) >= 11 is 0. The Balaban J connectivity index is 3.01. The molecular weight excluding hydrogens is 178 g/mol. The average molecular weight is 187 g/mol. The van der Waals surface area contributed by atoms with Crippen molar-refractivity contribution in [2.45, 2.75) is 12.6 Å². The van der Waals surface area contributed by atoms with E-state index in [4.69, 9.17) is 10.2 Å². The molecule has 0 aliphatic heterocycles. The molecule has 1 aromatic heterocycles. The zero-order valence-corrected chi connectivity index (χ0v) is 6.67. The Morgan fingerprint density at radius 3 is 2.85 bits per heavy atom. The Bertz CT molecular complexity index is 354. The summed E-state index contributed by atoms with van der Waals surface area (Å²) in [4.78, 5) is 21.9. The van der Waals surface area contributed by atoms with Crippen molar-refractivity contribution in [3.05, 3.63) is 27.0 Å². The van der Waals surface area contributed by atoms with Gasteiger partial charge in [-0.3, -0.25) is 9.36 Å². The Morgan fingerprint density at radius 2 is 2.31 bits per heavy atom. The molecule has 0 aliphatic rings. The zero-order valence-electron chi connectivity index (χ0n) is 6.67. The minimum Gasteiger partial charge on any atom is -0.394 e. The van der Waals surface area contributed by atoms with Crippen molar-refractivity contribution < 1.29 is 10.2 Å². The van der Waals surface area contributed by atoms with Gasteiger partial charge in [0.05, 0.1) is 19.3 Å². The van der Waals surface area contributed by atoms with E-state index < -0.39 is 24.0 Å². The first-order valence-electron chi connectivity index (χ1n) is 3.58. The molecule has 0 aromatic carbocycles. The Labute approximate surface area is 72.3 Å². The van der Waals surface area contributed by atoms with E-state index in [1.165, 1.54) is 0 Å². The number of aliphatic hydroxyl groups excluding tert-OH is 2. The Morgan fingerprint density at radius 1 is 1.62 bits per heavy atom. The number of aromatic nitrogens is 3. The molecule has 1 atom stereocenters. The van der Waals surface area contributed by atoms with Gasteiger partial charge in [-0.15, -0.1) is 0 Å². The van der Waals surface area contributed by atoms with Gasteiger partial charge in [-0.25, -0.2) is 9.89 Å². The van der Waals surface area contributed by atoms with E-state index in [1.54, 1.807) is 0 Å². The number of nitrogens with zero attached hydrogens (tertiary/aromatic N) is 2. The van der Waals surface area contributed by atoms with E-state index in [2.05, 4.69) is 5.10 Å². The van der Waals surface area contributed by atoms with Crippen molar-refractivity contribution in [2.75, 3.05) is 6.61 Å². The van der Waals surface area contributed by atoms with Gasteiger partial charge in [0.2, 0.25) is 0 Å². The molecule has 1 aromatic rings. The van der Waals surface area contributed by atoms with E-state index in [0.29, 0.717) is 0 Å². The van der Waals surface area contributed by atoms with Crippen LogP contribution in [0.3, 0.4) is 0 Å². The van der Waals surface area contributed by atoms with Crippen LogP contribution in [0.25, 0.3) is 0 Å². The van der Waals surface area contributed by atoms with Crippen LogP contribution in [0.5, 0.6) is 0 Å². The van der Waals surface area contributed by atoms with E-state index in [0.717, 1.165) is 10.8 Å². The van der Waals surface area contributed by atoms with Crippen molar-refractivity contribution in [1.29, 1.82) is 0 Å². The molecule has 1 heterocycles. The van der Waals surface area contributed by atoms with Crippen molar-refractivity contribution >= 4 is 0 Å². The lowest BCUT2D eigenvalue weighted by molar-refractivity contribution is 0.0791. The van der Waals surface area contributed by atoms with Gasteiger partial charge in [-0.1, -0.05) is 0 Å². The minimum atomic E-state index is -1.12. The maximum absolute atomic E-state index is 11.0. The highest BCUT2D eigenvalue weighted by atomic mass is 16.3. The van der Waals surface area contributed by atoms with Crippen LogP contribution in [0.4, 0.5) is 0 Å². The second kappa shape index (κ2) is 3.97. The fraction of sp³-hybridized carbons (Fsp3) is 0.500. The van der Waals surface area contributed by atoms with Crippen molar-refractivity contribution in [1.82, 2.24) is 14.8 Å². The summed E-state index contributed by atoms with van der Waals surface area (Å²) in [6.07, 6.45) is -0.202. The minimum absolute atomic E-state index is 0.243. The first kappa shape index (κ1) is 9.62. The fourth-order valence-corrected chi connectivity index (χ4v) is 0.814. The topological polar surface area (TPSA) is 108 Å². The van der Waals surface area contributed by atoms with Crippen molar-refractivity contribution in [2.24, 2.45) is 0 Å². The molecule has 13 heavy (non-hydrogen) atoms. The summed E-state index contributed by atoms with van der Waals surface area (Å²) < 4.78 is 0.758. The van der Waals surface area contributed by atoms with E-state index >= 15 is 0 Å². The van der Waals surface area contributed by atoms with E-state index in [1.807, 2.05) is 5.10 Å². The predicted octanol–water partition coefficient (Wildman–Crippen LogP) is -2.72. The molecule has 7 heteroatoms. The molecule has 0 bridgehead atoms. The SMILES string of the molecule is O=c1cn[nH]c(=O)n1CC(O)CO. The molecule has 0 spiro atoms. The molecule has 1 unspecified atom stereocenters. The van der Waals surface area contributed by atoms with Gasteiger partial charge < -0.3 is 10.2 Å². The number of hydrogen-bond donors (Lipinski definition) is 3. The van der Waals surface area contributed by atoms with Gasteiger partial charge in [0.25, 0.3) is 5.56 Å². The third-order valence-corrected chi connectivity index (χ3v) is 1.45. The van der Waals surface area contributed by atoms with Crippen LogP contribution in [0.1, 0.15) is 0 Å². The molecule has 0 amide bonds. The number of aliphatic hydroxyl groups is 2. The van der Waals surface area contributed by atoms with Crippen molar-refractivity contribution in [3.63, 3.8) is 0 Å². The number of rotatable bonds is 3. The van der Waals surface area contributed by atoms with Crippen molar-refractivity contribution in [3.8, 4) is 0 Å². The average Bonchev–Trinajstić information content (AvgIpc) is 2.11. The zero-order chi connectivity index (χ0) is 9.84. The lowest BCUT2D eigenvalue weighted by Crippen LogP contribution is -2.39. The summed E-state index contributed by atoms with van der Waals surface area (Å²) in [6, 6.07) is 0. The molecule has 1 rings (SSSR count). The molecule has 0 saturated heterocycles. The largest absolute Gasteiger partial charge is 0.394 e. The van der Waals surface area contributed by atoms with Gasteiger partial charge in [0, 0.05) is 0 Å². The summed E-state index contributed by atoms with van der Waals surface area (Å²) in [5.74, 6) is 0. The fourth-order valence-electron chi connectivity index (χ4n) is 0.814. The lowest BCUT2D eigenvalue weighted by Gasteiger charge is -2.06. The van der Waals surface area contributed by atoms with Crippen LogP contribution in [0.2, 0.25) is 0 Å². The second-order valence-corrected chi connectivity index (χ2v) is 2.46. The highest BCUT2D eigenvalue weighted by Crippen LogP contribution is 1.81. The quantitative estimate of drug-likeness (QED) is 0.476. The molecule has 0 saturated carbocycles. The van der Waals surface area contributed by atoms with Crippen LogP contribution >= 0.6 is 0 Å². The monoisotopic (exact) mass is 187 g/mol. The van der Waals surface area contributed by atoms with E-state index in [-0.39, 0.29) is 6.54 Å². The van der Waals surface area contributed by atoms with Crippen LogP contribution in [0.15, 0.2) is 15.8 Å². The van der Waals surface area contributed by atoms with E-state index in [9.17, 15) is 9.59 Å². The second-order valence-electron chi connectivity index (χ2n) is 2.46. The maximum Gasteiger partial charge on any atom is 0.344 e. The predicted molar refractivity (Wildman–Crippen MR) is 42.2 cm³/mol. The van der Waals surface area contributed by atoms with Gasteiger partial charge in [0.15, 0.2) is 0 Å². The normalized spacial score (nSPS) is 12.8. The molecule has 72 valence electrons. The van der Waals surface area contributed by atoms with Crippen LogP contribution in [-0.2, 0) is 6.54 Å². The number of nitrogens with one attached hydrogen (secondary N) is 1. The number of aromatic amines is 1. The number of H-pyrrole nitrogens is 1. The third kappa shape index (κ3) is 2.23. The first-order chi connectivity index (χ1) is 6.15.